The van der Waals surface area contributed by atoms with Gasteiger partial charge in [0.25, 0.3) is 5.91 Å². The normalized spacial score (nSPS) is 10.5. The van der Waals surface area contributed by atoms with Crippen molar-refractivity contribution in [1.82, 2.24) is 0 Å². The molecule has 3 aromatic rings. The van der Waals surface area contributed by atoms with Gasteiger partial charge < -0.3 is 14.1 Å². The number of rotatable bonds is 3. The number of anilines is 1. The van der Waals surface area contributed by atoms with Gasteiger partial charge >= 0.3 is 0 Å². The number of methoxy groups -OCH3 is 1. The van der Waals surface area contributed by atoms with Gasteiger partial charge in [0.2, 0.25) is 0 Å². The first kappa shape index (κ1) is 14.8. The Morgan fingerprint density at radius 1 is 1.09 bits per heavy atom. The van der Waals surface area contributed by atoms with Gasteiger partial charge in [-0.2, -0.15) is 0 Å². The van der Waals surface area contributed by atoms with Crippen LogP contribution in [0.4, 0.5) is 5.69 Å². The first-order valence-electron chi connectivity index (χ1n) is 7.05. The highest BCUT2D eigenvalue weighted by Gasteiger charge is 2.18. The van der Waals surface area contributed by atoms with E-state index >= 15 is 0 Å². The number of benzene rings is 2. The number of hydrogen-bond donors (Lipinski definition) is 0. The zero-order chi connectivity index (χ0) is 16.4. The fraction of sp³-hybridized carbons (Fsp3) is 0.111. The van der Waals surface area contributed by atoms with Crippen LogP contribution in [0.25, 0.3) is 11.0 Å². The van der Waals surface area contributed by atoms with Crippen molar-refractivity contribution >= 4 is 22.6 Å². The van der Waals surface area contributed by atoms with Gasteiger partial charge in [-0.15, -0.1) is 0 Å². The maximum Gasteiger partial charge on any atom is 0.293 e. The summed E-state index contributed by atoms with van der Waals surface area (Å²) in [5, 5.41) is 0.378. The minimum atomic E-state index is -0.383. The molecule has 3 rings (SSSR count). The molecule has 0 spiro atoms. The SMILES string of the molecule is COc1ccc2oc(C(=O)N(C)c3ccccc3)cc(=O)c2c1. The van der Waals surface area contributed by atoms with Gasteiger partial charge in [0.15, 0.2) is 11.2 Å². The third kappa shape index (κ3) is 2.81. The van der Waals surface area contributed by atoms with E-state index in [1.54, 1.807) is 25.2 Å². The summed E-state index contributed by atoms with van der Waals surface area (Å²) in [5.74, 6) is 0.176. The number of hydrogen-bond acceptors (Lipinski definition) is 4. The van der Waals surface area contributed by atoms with Gasteiger partial charge in [0.1, 0.15) is 11.3 Å². The van der Waals surface area contributed by atoms with E-state index in [-0.39, 0.29) is 17.1 Å². The average Bonchev–Trinajstić information content (AvgIpc) is 2.60. The number of para-hydroxylation sites is 1. The van der Waals surface area contributed by atoms with Gasteiger partial charge in [-0.25, -0.2) is 0 Å². The lowest BCUT2D eigenvalue weighted by Gasteiger charge is -2.16. The van der Waals surface area contributed by atoms with Gasteiger partial charge in [0.05, 0.1) is 12.5 Å². The molecule has 0 bridgehead atoms. The molecule has 0 N–H and O–H groups in total. The van der Waals surface area contributed by atoms with Crippen LogP contribution >= 0.6 is 0 Å². The topological polar surface area (TPSA) is 59.8 Å². The Balaban J connectivity index is 2.03. The summed E-state index contributed by atoms with van der Waals surface area (Å²) in [5.41, 5.74) is 0.785. The molecule has 0 radical (unpaired) electrons. The predicted octanol–water partition coefficient (Wildman–Crippen LogP) is 3.08. The van der Waals surface area contributed by atoms with Gasteiger partial charge in [0, 0.05) is 18.8 Å². The second-order valence-corrected chi connectivity index (χ2v) is 5.04. The molecular weight excluding hydrogens is 294 g/mol. The summed E-state index contributed by atoms with van der Waals surface area (Å²) in [6, 6.07) is 15.3. The number of amides is 1. The fourth-order valence-electron chi connectivity index (χ4n) is 2.30. The number of carbonyl (C=O) groups is 1. The summed E-state index contributed by atoms with van der Waals surface area (Å²) < 4.78 is 10.7. The van der Waals surface area contributed by atoms with E-state index in [1.807, 2.05) is 30.3 Å². The molecule has 0 aliphatic heterocycles. The van der Waals surface area contributed by atoms with Gasteiger partial charge in [-0.3, -0.25) is 9.59 Å². The van der Waals surface area contributed by atoms with Crippen LogP contribution in [0.1, 0.15) is 10.6 Å². The summed E-state index contributed by atoms with van der Waals surface area (Å²) in [6.45, 7) is 0. The molecule has 5 nitrogen and oxygen atoms in total. The van der Waals surface area contributed by atoms with E-state index in [1.165, 1.54) is 18.1 Å². The smallest absolute Gasteiger partial charge is 0.293 e. The quantitative estimate of drug-likeness (QED) is 0.746. The minimum Gasteiger partial charge on any atom is -0.497 e. The van der Waals surface area contributed by atoms with Crippen LogP contribution in [0.15, 0.2) is 63.8 Å². The first-order chi connectivity index (χ1) is 11.1. The highest BCUT2D eigenvalue weighted by molar-refractivity contribution is 6.04. The van der Waals surface area contributed by atoms with Crippen LogP contribution in [0.2, 0.25) is 0 Å². The zero-order valence-corrected chi connectivity index (χ0v) is 12.8. The van der Waals surface area contributed by atoms with Crippen molar-refractivity contribution in [1.29, 1.82) is 0 Å². The second-order valence-electron chi connectivity index (χ2n) is 5.04. The summed E-state index contributed by atoms with van der Waals surface area (Å²) >= 11 is 0. The maximum absolute atomic E-state index is 12.5. The molecule has 2 aromatic carbocycles. The molecule has 0 saturated carbocycles. The Bertz CT molecular complexity index is 915. The molecule has 1 aromatic heterocycles. The van der Waals surface area contributed by atoms with E-state index in [0.717, 1.165) is 5.69 Å². The third-order valence-electron chi connectivity index (χ3n) is 3.59. The number of nitrogens with zero attached hydrogens (tertiary/aromatic N) is 1. The Hall–Kier alpha value is -3.08. The van der Waals surface area contributed by atoms with E-state index in [2.05, 4.69) is 0 Å². The van der Waals surface area contributed by atoms with Crippen LogP contribution in [-0.2, 0) is 0 Å². The highest BCUT2D eigenvalue weighted by atomic mass is 16.5. The highest BCUT2D eigenvalue weighted by Crippen LogP contribution is 2.20. The molecule has 1 heterocycles. The molecule has 0 atom stereocenters. The molecular formula is C18H15NO4. The van der Waals surface area contributed by atoms with Crippen molar-refractivity contribution in [2.45, 2.75) is 0 Å². The zero-order valence-electron chi connectivity index (χ0n) is 12.8. The van der Waals surface area contributed by atoms with Crippen molar-refractivity contribution in [3.05, 3.63) is 70.6 Å². The van der Waals surface area contributed by atoms with Crippen LogP contribution in [-0.4, -0.2) is 20.1 Å². The molecule has 1 amide bonds. The second kappa shape index (κ2) is 5.96. The third-order valence-corrected chi connectivity index (χ3v) is 3.59. The Morgan fingerprint density at radius 3 is 2.52 bits per heavy atom. The standard InChI is InChI=1S/C18H15NO4/c1-19(12-6-4-3-5-7-12)18(21)17-11-15(20)14-10-13(22-2)8-9-16(14)23-17/h3-11H,1-2H3. The van der Waals surface area contributed by atoms with Crippen molar-refractivity contribution in [2.24, 2.45) is 0 Å². The lowest BCUT2D eigenvalue weighted by molar-refractivity contribution is 0.0967. The molecule has 23 heavy (non-hydrogen) atoms. The Kier molecular flexibility index (Phi) is 3.85. The summed E-state index contributed by atoms with van der Waals surface area (Å²) in [6.07, 6.45) is 0. The van der Waals surface area contributed by atoms with E-state index in [0.29, 0.717) is 16.7 Å². The summed E-state index contributed by atoms with van der Waals surface area (Å²) in [7, 11) is 3.16. The molecule has 0 aliphatic rings. The van der Waals surface area contributed by atoms with Gasteiger partial charge in [-0.05, 0) is 30.3 Å². The largest absolute Gasteiger partial charge is 0.497 e. The molecule has 0 unspecified atom stereocenters. The van der Waals surface area contributed by atoms with Crippen LogP contribution < -0.4 is 15.1 Å². The van der Waals surface area contributed by atoms with E-state index in [9.17, 15) is 9.59 Å². The molecule has 116 valence electrons. The van der Waals surface area contributed by atoms with Crippen molar-refractivity contribution in [2.75, 3.05) is 19.1 Å². The molecule has 5 heteroatoms. The number of ether oxygens (including phenoxy) is 1. The van der Waals surface area contributed by atoms with Crippen LogP contribution in [0, 0.1) is 0 Å². The molecule has 0 fully saturated rings. The monoisotopic (exact) mass is 309 g/mol. The van der Waals surface area contributed by atoms with Crippen LogP contribution in [0.5, 0.6) is 5.75 Å². The number of fused-ring (bicyclic) bond motifs is 1. The maximum atomic E-state index is 12.5. The lowest BCUT2D eigenvalue weighted by atomic mass is 10.2. The lowest BCUT2D eigenvalue weighted by Crippen LogP contribution is -2.27. The molecule has 0 saturated heterocycles. The van der Waals surface area contributed by atoms with Crippen LogP contribution in [0.3, 0.4) is 0 Å². The summed E-state index contributed by atoms with van der Waals surface area (Å²) in [4.78, 5) is 26.2. The Labute approximate surface area is 132 Å². The van der Waals surface area contributed by atoms with E-state index in [4.69, 9.17) is 9.15 Å². The predicted molar refractivity (Wildman–Crippen MR) is 88.2 cm³/mol. The van der Waals surface area contributed by atoms with Crippen molar-refractivity contribution in [3.63, 3.8) is 0 Å². The fourth-order valence-corrected chi connectivity index (χ4v) is 2.30. The average molecular weight is 309 g/mol. The minimum absolute atomic E-state index is 0.000908. The number of carbonyl (C=O) groups excluding carboxylic acids is 1. The first-order valence-corrected chi connectivity index (χ1v) is 7.05. The van der Waals surface area contributed by atoms with Crippen molar-refractivity contribution < 1.29 is 13.9 Å². The van der Waals surface area contributed by atoms with Gasteiger partial charge in [-0.1, -0.05) is 18.2 Å². The van der Waals surface area contributed by atoms with E-state index < -0.39 is 0 Å². The molecule has 0 aliphatic carbocycles. The Morgan fingerprint density at radius 2 is 1.83 bits per heavy atom. The van der Waals surface area contributed by atoms with Crippen molar-refractivity contribution in [3.8, 4) is 5.75 Å².